The van der Waals surface area contributed by atoms with Crippen LogP contribution in [-0.2, 0) is 9.59 Å². The van der Waals surface area contributed by atoms with Gasteiger partial charge in [-0.2, -0.15) is 0 Å². The van der Waals surface area contributed by atoms with Crippen LogP contribution in [0, 0.1) is 6.92 Å². The van der Waals surface area contributed by atoms with Crippen molar-refractivity contribution in [2.45, 2.75) is 38.6 Å². The summed E-state index contributed by atoms with van der Waals surface area (Å²) < 4.78 is 0. The molecular weight excluding hydrogens is 402 g/mol. The van der Waals surface area contributed by atoms with E-state index in [4.69, 9.17) is 0 Å². The minimum Gasteiger partial charge on any atom is -0.344 e. The number of thiophene rings is 2. The Morgan fingerprint density at radius 2 is 1.66 bits per heavy atom. The Morgan fingerprint density at radius 1 is 0.897 bits per heavy atom. The van der Waals surface area contributed by atoms with Gasteiger partial charge in [-0.3, -0.25) is 14.4 Å². The van der Waals surface area contributed by atoms with Gasteiger partial charge in [-0.1, -0.05) is 36.4 Å². The third-order valence-electron chi connectivity index (χ3n) is 4.54. The van der Waals surface area contributed by atoms with Crippen molar-refractivity contribution < 1.29 is 14.4 Å². The zero-order valence-electron chi connectivity index (χ0n) is 16.2. The third kappa shape index (κ3) is 6.21. The van der Waals surface area contributed by atoms with Gasteiger partial charge in [0.2, 0.25) is 5.91 Å². The number of carbonyl (C=O) groups excluding carboxylic acids is 3. The average Bonchev–Trinajstić information content (AvgIpc) is 3.41. The molecule has 1 N–H and O–H groups in total. The van der Waals surface area contributed by atoms with Crippen molar-refractivity contribution in [1.29, 1.82) is 0 Å². The molecule has 0 aliphatic heterocycles. The van der Waals surface area contributed by atoms with Crippen molar-refractivity contribution in [2.75, 3.05) is 0 Å². The first-order chi connectivity index (χ1) is 14.0. The summed E-state index contributed by atoms with van der Waals surface area (Å²) in [5.41, 5.74) is 1.01. The van der Waals surface area contributed by atoms with E-state index in [1.54, 1.807) is 17.4 Å². The minimum absolute atomic E-state index is 0.0114. The Balaban J connectivity index is 1.49. The van der Waals surface area contributed by atoms with Gasteiger partial charge in [0.05, 0.1) is 10.9 Å². The Bertz CT molecular complexity index is 961. The lowest BCUT2D eigenvalue weighted by atomic mass is 10.0. The van der Waals surface area contributed by atoms with E-state index < -0.39 is 0 Å². The predicted molar refractivity (Wildman–Crippen MR) is 118 cm³/mol. The van der Waals surface area contributed by atoms with Crippen LogP contribution in [0.5, 0.6) is 0 Å². The van der Waals surface area contributed by atoms with Gasteiger partial charge >= 0.3 is 0 Å². The molecule has 1 amide bonds. The van der Waals surface area contributed by atoms with Crippen LogP contribution < -0.4 is 5.32 Å². The quantitative estimate of drug-likeness (QED) is 0.446. The maximum absolute atomic E-state index is 12.5. The Kier molecular flexibility index (Phi) is 7.49. The van der Waals surface area contributed by atoms with E-state index in [0.717, 1.165) is 15.3 Å². The van der Waals surface area contributed by atoms with E-state index in [1.165, 1.54) is 11.3 Å². The zero-order chi connectivity index (χ0) is 20.6. The normalized spacial score (nSPS) is 11.8. The maximum Gasteiger partial charge on any atom is 0.221 e. The van der Waals surface area contributed by atoms with Gasteiger partial charge < -0.3 is 5.32 Å². The summed E-state index contributed by atoms with van der Waals surface area (Å²) in [7, 11) is 0. The molecule has 0 saturated carbocycles. The summed E-state index contributed by atoms with van der Waals surface area (Å²) in [6.07, 6.45) is 0.646. The van der Waals surface area contributed by atoms with E-state index in [1.807, 2.05) is 60.8 Å². The van der Waals surface area contributed by atoms with Gasteiger partial charge in [0.1, 0.15) is 5.78 Å². The lowest BCUT2D eigenvalue weighted by molar-refractivity contribution is -0.125. The maximum atomic E-state index is 12.5. The molecule has 150 valence electrons. The molecule has 0 spiro atoms. The van der Waals surface area contributed by atoms with Gasteiger partial charge in [-0.25, -0.2) is 0 Å². The molecule has 1 unspecified atom stereocenters. The Hall–Kier alpha value is -2.57. The first kappa shape index (κ1) is 21.1. The van der Waals surface area contributed by atoms with Crippen LogP contribution >= 0.6 is 22.7 Å². The molecule has 0 saturated heterocycles. The van der Waals surface area contributed by atoms with Crippen LogP contribution in [0.3, 0.4) is 0 Å². The van der Waals surface area contributed by atoms with Crippen molar-refractivity contribution >= 4 is 40.1 Å². The van der Waals surface area contributed by atoms with Crippen LogP contribution in [0.1, 0.15) is 56.7 Å². The van der Waals surface area contributed by atoms with Gasteiger partial charge in [0.15, 0.2) is 5.78 Å². The number of Topliss-reactive ketones (excluding diaryl/α,β-unsaturated/α-hetero) is 2. The van der Waals surface area contributed by atoms with Crippen LogP contribution in [0.25, 0.3) is 0 Å². The largest absolute Gasteiger partial charge is 0.344 e. The zero-order valence-corrected chi connectivity index (χ0v) is 17.9. The first-order valence-corrected chi connectivity index (χ1v) is 11.2. The number of hydrogen-bond acceptors (Lipinski definition) is 5. The number of benzene rings is 1. The summed E-state index contributed by atoms with van der Waals surface area (Å²) in [5.74, 6) is -0.238. The smallest absolute Gasteiger partial charge is 0.221 e. The van der Waals surface area contributed by atoms with E-state index >= 15 is 0 Å². The summed E-state index contributed by atoms with van der Waals surface area (Å²) in [6.45, 7) is 1.95. The molecule has 2 aromatic heterocycles. The highest BCUT2D eigenvalue weighted by Gasteiger charge is 2.18. The second-order valence-corrected chi connectivity index (χ2v) is 9.07. The van der Waals surface area contributed by atoms with Crippen LogP contribution in [-0.4, -0.2) is 17.5 Å². The third-order valence-corrected chi connectivity index (χ3v) is 6.52. The second-order valence-electron chi connectivity index (χ2n) is 6.80. The second kappa shape index (κ2) is 10.3. The summed E-state index contributed by atoms with van der Waals surface area (Å²) in [5, 5.41) is 5.02. The first-order valence-electron chi connectivity index (χ1n) is 9.52. The predicted octanol–water partition coefficient (Wildman–Crippen LogP) is 5.34. The van der Waals surface area contributed by atoms with Gasteiger partial charge in [-0.05, 0) is 36.1 Å². The molecule has 3 aromatic rings. The lowest BCUT2D eigenvalue weighted by Crippen LogP contribution is -2.29. The summed E-state index contributed by atoms with van der Waals surface area (Å²) in [4.78, 5) is 39.5. The van der Waals surface area contributed by atoms with Crippen LogP contribution in [0.2, 0.25) is 0 Å². The van der Waals surface area contributed by atoms with Gasteiger partial charge in [0.25, 0.3) is 0 Å². The van der Waals surface area contributed by atoms with E-state index in [0.29, 0.717) is 4.88 Å². The lowest BCUT2D eigenvalue weighted by Gasteiger charge is -2.18. The number of amides is 1. The highest BCUT2D eigenvalue weighted by molar-refractivity contribution is 7.14. The average molecular weight is 426 g/mol. The summed E-state index contributed by atoms with van der Waals surface area (Å²) >= 11 is 3.03. The number of rotatable bonds is 10. The minimum atomic E-state index is -0.220. The highest BCUT2D eigenvalue weighted by Crippen LogP contribution is 2.26. The fourth-order valence-electron chi connectivity index (χ4n) is 2.99. The molecule has 0 aliphatic carbocycles. The number of hydrogen-bond donors (Lipinski definition) is 1. The van der Waals surface area contributed by atoms with Crippen molar-refractivity contribution in [3.8, 4) is 0 Å². The molecule has 2 heterocycles. The molecule has 4 nitrogen and oxygen atoms in total. The Morgan fingerprint density at radius 3 is 2.31 bits per heavy atom. The van der Waals surface area contributed by atoms with E-state index in [9.17, 15) is 14.4 Å². The number of ketones is 2. The number of aryl methyl sites for hydroxylation is 1. The molecule has 6 heteroatoms. The molecular formula is C23H23NO3S2. The fourth-order valence-corrected chi connectivity index (χ4v) is 4.63. The molecule has 0 fully saturated rings. The monoisotopic (exact) mass is 425 g/mol. The standard InChI is InChI=1S/C23H23NO3S2/c1-16-9-13-20(29-16)19(26)12-10-18(25)11-14-22(27)24-23(21-8-5-15-28-21)17-6-3-2-4-7-17/h2-9,13,15,23H,10-12,14H2,1H3,(H,24,27). The molecule has 0 radical (unpaired) electrons. The molecule has 0 aliphatic rings. The van der Waals surface area contributed by atoms with Crippen LogP contribution in [0.4, 0.5) is 0 Å². The van der Waals surface area contributed by atoms with Crippen molar-refractivity contribution in [3.05, 3.63) is 80.2 Å². The van der Waals surface area contributed by atoms with E-state index in [2.05, 4.69) is 5.32 Å². The van der Waals surface area contributed by atoms with Gasteiger partial charge in [-0.15, -0.1) is 22.7 Å². The topological polar surface area (TPSA) is 63.2 Å². The summed E-state index contributed by atoms with van der Waals surface area (Å²) in [6, 6.07) is 17.2. The molecule has 29 heavy (non-hydrogen) atoms. The van der Waals surface area contributed by atoms with Crippen molar-refractivity contribution in [2.24, 2.45) is 0 Å². The number of nitrogens with one attached hydrogen (secondary N) is 1. The molecule has 0 bridgehead atoms. The fraction of sp³-hybridized carbons (Fsp3) is 0.261. The highest BCUT2D eigenvalue weighted by atomic mass is 32.1. The number of carbonyl (C=O) groups is 3. The molecule has 3 rings (SSSR count). The van der Waals surface area contributed by atoms with E-state index in [-0.39, 0.29) is 49.2 Å². The van der Waals surface area contributed by atoms with Crippen molar-refractivity contribution in [3.63, 3.8) is 0 Å². The molecule has 1 atom stereocenters. The SMILES string of the molecule is Cc1ccc(C(=O)CCC(=O)CCC(=O)NC(c2ccccc2)c2cccs2)s1. The Labute approximate surface area is 178 Å². The van der Waals surface area contributed by atoms with Crippen molar-refractivity contribution in [1.82, 2.24) is 5.32 Å². The van der Waals surface area contributed by atoms with Crippen LogP contribution in [0.15, 0.2) is 60.0 Å². The molecule has 1 aromatic carbocycles. The van der Waals surface area contributed by atoms with Gasteiger partial charge in [0, 0.05) is 35.4 Å².